The van der Waals surface area contributed by atoms with Crippen LogP contribution in [0.25, 0.3) is 0 Å². The molecule has 204 valence electrons. The Morgan fingerprint density at radius 3 is 1.44 bits per heavy atom. The zero-order chi connectivity index (χ0) is 25.3. The summed E-state index contributed by atoms with van der Waals surface area (Å²) >= 11 is 0. The zero-order valence-electron chi connectivity index (χ0n) is 23.5. The number of rotatable bonds is 27. The number of nitrogens with zero attached hydrogens (tertiary/aromatic N) is 1. The molecular weight excluding hydrogens is 422 g/mol. The zero-order valence-corrected chi connectivity index (χ0v) is 23.5. The van der Waals surface area contributed by atoms with Gasteiger partial charge in [-0.2, -0.15) is 0 Å². The third kappa shape index (κ3) is 26.0. The van der Waals surface area contributed by atoms with Crippen LogP contribution in [0.3, 0.4) is 0 Å². The molecule has 0 rings (SSSR count). The molecular formula is C30H62NO3+. The number of unbranched alkanes of at least 4 members (excludes halogenated alkanes) is 19. The summed E-state index contributed by atoms with van der Waals surface area (Å²) in [4.78, 5) is 10.5. The Balaban J connectivity index is 3.43. The molecule has 1 atom stereocenters. The molecule has 0 saturated carbocycles. The summed E-state index contributed by atoms with van der Waals surface area (Å²) in [6.07, 6.45) is 28.4. The molecule has 1 unspecified atom stereocenters. The Labute approximate surface area is 213 Å². The van der Waals surface area contributed by atoms with Gasteiger partial charge in [-0.05, 0) is 25.7 Å². The Morgan fingerprint density at radius 2 is 1.00 bits per heavy atom. The van der Waals surface area contributed by atoms with Crippen LogP contribution in [0.2, 0.25) is 0 Å². The Morgan fingerprint density at radius 1 is 0.618 bits per heavy atom. The van der Waals surface area contributed by atoms with Crippen molar-refractivity contribution in [1.82, 2.24) is 0 Å². The summed E-state index contributed by atoms with van der Waals surface area (Å²) in [5.41, 5.74) is 0. The highest BCUT2D eigenvalue weighted by Gasteiger charge is 2.19. The molecule has 2 N–H and O–H groups in total. The fourth-order valence-corrected chi connectivity index (χ4v) is 5.03. The van der Waals surface area contributed by atoms with Gasteiger partial charge in [-0.1, -0.05) is 122 Å². The van der Waals surface area contributed by atoms with Crippen molar-refractivity contribution in [3.05, 3.63) is 0 Å². The highest BCUT2D eigenvalue weighted by atomic mass is 16.4. The van der Waals surface area contributed by atoms with E-state index in [1.54, 1.807) is 0 Å². The molecule has 0 fully saturated rings. The predicted molar refractivity (Wildman–Crippen MR) is 147 cm³/mol. The average Bonchev–Trinajstić information content (AvgIpc) is 2.77. The number of aliphatic carboxylic acids is 1. The second-order valence-electron chi connectivity index (χ2n) is 11.5. The Bertz CT molecular complexity index is 439. The van der Waals surface area contributed by atoms with Gasteiger partial charge < -0.3 is 14.7 Å². The van der Waals surface area contributed by atoms with Gasteiger partial charge in [-0.15, -0.1) is 0 Å². The number of carbonyl (C=O) groups is 1. The number of likely N-dealkylation sites (N-methyl/N-ethyl adjacent to an activating group) is 1. The van der Waals surface area contributed by atoms with E-state index in [2.05, 4.69) is 21.0 Å². The molecule has 34 heavy (non-hydrogen) atoms. The van der Waals surface area contributed by atoms with Crippen LogP contribution in [-0.4, -0.2) is 54.0 Å². The Hall–Kier alpha value is -0.610. The molecule has 0 bridgehead atoms. The maximum absolute atomic E-state index is 10.5. The summed E-state index contributed by atoms with van der Waals surface area (Å²) in [7, 11) is 4.48. The third-order valence-electron chi connectivity index (χ3n) is 7.25. The van der Waals surface area contributed by atoms with E-state index in [9.17, 15) is 9.90 Å². The predicted octanol–water partition coefficient (Wildman–Crippen LogP) is 8.50. The van der Waals surface area contributed by atoms with Crippen LogP contribution in [0.1, 0.15) is 155 Å². The maximum Gasteiger partial charge on any atom is 0.303 e. The smallest absolute Gasteiger partial charge is 0.303 e. The van der Waals surface area contributed by atoms with Gasteiger partial charge >= 0.3 is 5.97 Å². The third-order valence-corrected chi connectivity index (χ3v) is 7.25. The normalized spacial score (nSPS) is 12.8. The molecule has 0 aliphatic carbocycles. The summed E-state index contributed by atoms with van der Waals surface area (Å²) in [5.74, 6) is -0.679. The lowest BCUT2D eigenvalue weighted by molar-refractivity contribution is -0.893. The number of quaternary nitrogens is 1. The minimum Gasteiger partial charge on any atom is -0.481 e. The number of hydrogen-bond donors (Lipinski definition) is 2. The van der Waals surface area contributed by atoms with Gasteiger partial charge in [0.15, 0.2) is 0 Å². The first-order valence-electron chi connectivity index (χ1n) is 15.1. The SMILES string of the molecule is CCCCCCCCCCCCCCCCCC(O)C[N+](C)(C)CCCCCCCCC(=O)O. The lowest BCUT2D eigenvalue weighted by Gasteiger charge is -2.32. The van der Waals surface area contributed by atoms with Gasteiger partial charge in [0.25, 0.3) is 0 Å². The number of hydrogen-bond acceptors (Lipinski definition) is 2. The molecule has 0 aromatic carbocycles. The van der Waals surface area contributed by atoms with Gasteiger partial charge in [0.2, 0.25) is 0 Å². The maximum atomic E-state index is 10.5. The second kappa shape index (κ2) is 24.1. The Kier molecular flexibility index (Phi) is 23.7. The topological polar surface area (TPSA) is 57.5 Å². The van der Waals surface area contributed by atoms with E-state index in [0.29, 0.717) is 6.42 Å². The molecule has 0 aliphatic rings. The van der Waals surface area contributed by atoms with Gasteiger partial charge in [0, 0.05) is 6.42 Å². The number of aliphatic hydroxyl groups is 1. The lowest BCUT2D eigenvalue weighted by Crippen LogP contribution is -2.45. The van der Waals surface area contributed by atoms with E-state index in [4.69, 9.17) is 5.11 Å². The van der Waals surface area contributed by atoms with Crippen LogP contribution in [0.5, 0.6) is 0 Å². The van der Waals surface area contributed by atoms with Crippen molar-refractivity contribution in [1.29, 1.82) is 0 Å². The van der Waals surface area contributed by atoms with E-state index in [1.165, 1.54) is 109 Å². The van der Waals surface area contributed by atoms with Crippen LogP contribution in [-0.2, 0) is 4.79 Å². The molecule has 0 radical (unpaired) electrons. The van der Waals surface area contributed by atoms with Crippen molar-refractivity contribution in [3.8, 4) is 0 Å². The van der Waals surface area contributed by atoms with E-state index in [-0.39, 0.29) is 6.10 Å². The average molecular weight is 485 g/mol. The minimum absolute atomic E-state index is 0.173. The van der Waals surface area contributed by atoms with Crippen molar-refractivity contribution < 1.29 is 19.5 Å². The molecule has 0 aromatic heterocycles. The standard InChI is InChI=1S/C30H61NO3/c1-4-5-6-7-8-9-10-11-12-13-14-15-16-19-22-25-29(32)28-31(2,3)27-24-21-18-17-20-23-26-30(33)34/h29,32H,4-28H2,1-3H3/p+1. The minimum atomic E-state index is -0.679. The number of carboxylic acids is 1. The first kappa shape index (κ1) is 33.4. The number of aliphatic hydroxyl groups excluding tert-OH is 1. The van der Waals surface area contributed by atoms with Crippen molar-refractivity contribution in [2.75, 3.05) is 27.2 Å². The van der Waals surface area contributed by atoms with Gasteiger partial charge in [0.05, 0.1) is 20.6 Å². The fourth-order valence-electron chi connectivity index (χ4n) is 5.03. The molecule has 0 saturated heterocycles. The first-order chi connectivity index (χ1) is 16.4. The van der Waals surface area contributed by atoms with E-state index in [1.807, 2.05) is 0 Å². The summed E-state index contributed by atoms with van der Waals surface area (Å²) in [6, 6.07) is 0. The van der Waals surface area contributed by atoms with Crippen molar-refractivity contribution in [2.24, 2.45) is 0 Å². The van der Waals surface area contributed by atoms with Crippen LogP contribution >= 0.6 is 0 Å². The fraction of sp³-hybridized carbons (Fsp3) is 0.967. The van der Waals surface area contributed by atoms with Gasteiger partial charge in [-0.25, -0.2) is 0 Å². The summed E-state index contributed by atoms with van der Waals surface area (Å²) in [5, 5.41) is 19.1. The molecule has 0 spiro atoms. The van der Waals surface area contributed by atoms with Crippen LogP contribution in [0, 0.1) is 0 Å². The van der Waals surface area contributed by atoms with Gasteiger partial charge in [-0.3, -0.25) is 4.79 Å². The largest absolute Gasteiger partial charge is 0.481 e. The quantitative estimate of drug-likeness (QED) is 0.0907. The lowest BCUT2D eigenvalue weighted by atomic mass is 10.0. The van der Waals surface area contributed by atoms with Crippen LogP contribution < -0.4 is 0 Å². The highest BCUT2D eigenvalue weighted by molar-refractivity contribution is 5.66. The van der Waals surface area contributed by atoms with E-state index in [0.717, 1.165) is 49.7 Å². The molecule has 0 aromatic rings. The van der Waals surface area contributed by atoms with Crippen molar-refractivity contribution in [2.45, 2.75) is 161 Å². The van der Waals surface area contributed by atoms with Crippen LogP contribution in [0.4, 0.5) is 0 Å². The first-order valence-corrected chi connectivity index (χ1v) is 15.1. The van der Waals surface area contributed by atoms with Crippen molar-refractivity contribution >= 4 is 5.97 Å². The molecule has 0 heterocycles. The molecule has 0 aliphatic heterocycles. The van der Waals surface area contributed by atoms with E-state index < -0.39 is 5.97 Å². The summed E-state index contributed by atoms with van der Waals surface area (Å²) in [6.45, 7) is 4.26. The van der Waals surface area contributed by atoms with Crippen LogP contribution in [0.15, 0.2) is 0 Å². The monoisotopic (exact) mass is 484 g/mol. The highest BCUT2D eigenvalue weighted by Crippen LogP contribution is 2.15. The summed E-state index contributed by atoms with van der Waals surface area (Å²) < 4.78 is 0.902. The second-order valence-corrected chi connectivity index (χ2v) is 11.5. The number of carboxylic acid groups (broad SMARTS) is 1. The van der Waals surface area contributed by atoms with E-state index >= 15 is 0 Å². The van der Waals surface area contributed by atoms with Crippen molar-refractivity contribution in [3.63, 3.8) is 0 Å². The molecule has 4 nitrogen and oxygen atoms in total. The molecule has 4 heteroatoms. The molecule has 0 amide bonds. The van der Waals surface area contributed by atoms with Gasteiger partial charge in [0.1, 0.15) is 12.6 Å².